The number of ether oxygens (including phenoxy) is 2. The normalized spacial score (nSPS) is 11.7. The lowest BCUT2D eigenvalue weighted by Gasteiger charge is -2.14. The van der Waals surface area contributed by atoms with E-state index in [1.54, 1.807) is 7.05 Å². The Morgan fingerprint density at radius 1 is 1.44 bits per heavy atom. The summed E-state index contributed by atoms with van der Waals surface area (Å²) in [5, 5.41) is 13.2. The molecule has 7 heteroatoms. The van der Waals surface area contributed by atoms with Gasteiger partial charge in [0.15, 0.2) is 0 Å². The van der Waals surface area contributed by atoms with Crippen LogP contribution in [0, 0.1) is 10.1 Å². The molecule has 0 saturated heterocycles. The van der Waals surface area contributed by atoms with Gasteiger partial charge in [-0.05, 0) is 19.2 Å². The summed E-state index contributed by atoms with van der Waals surface area (Å²) < 4.78 is 9.90. The molecule has 1 aromatic rings. The smallest absolute Gasteiger partial charge is 0.326 e. The van der Waals surface area contributed by atoms with E-state index >= 15 is 0 Å². The first kappa shape index (κ1) is 13.9. The Bertz CT molecular complexity index is 418. The number of non-ortho nitro benzene ring substituents is 1. The van der Waals surface area contributed by atoms with Crippen LogP contribution in [0.3, 0.4) is 0 Å². The summed E-state index contributed by atoms with van der Waals surface area (Å²) in [7, 11) is 2.90. The molecule has 1 rings (SSSR count). The van der Waals surface area contributed by atoms with E-state index in [9.17, 15) is 14.9 Å². The molecule has 0 fully saturated rings. The van der Waals surface area contributed by atoms with Gasteiger partial charge in [0.2, 0.25) is 0 Å². The molecule has 98 valence electrons. The second-order valence-corrected chi connectivity index (χ2v) is 3.43. The van der Waals surface area contributed by atoms with E-state index < -0.39 is 16.9 Å². The number of hydrogen-bond donors (Lipinski definition) is 1. The molecule has 1 aromatic carbocycles. The van der Waals surface area contributed by atoms with Crippen LogP contribution in [0.1, 0.15) is 0 Å². The number of nitrogens with one attached hydrogen (secondary N) is 1. The molecule has 1 atom stereocenters. The lowest BCUT2D eigenvalue weighted by molar-refractivity contribution is -0.384. The van der Waals surface area contributed by atoms with Crippen molar-refractivity contribution in [1.29, 1.82) is 0 Å². The van der Waals surface area contributed by atoms with E-state index in [1.807, 2.05) is 0 Å². The van der Waals surface area contributed by atoms with E-state index in [2.05, 4.69) is 10.1 Å². The topological polar surface area (TPSA) is 90.7 Å². The first-order valence-corrected chi connectivity index (χ1v) is 5.21. The van der Waals surface area contributed by atoms with Gasteiger partial charge in [-0.3, -0.25) is 14.9 Å². The number of esters is 1. The molecular weight excluding hydrogens is 240 g/mol. The van der Waals surface area contributed by atoms with Gasteiger partial charge in [0, 0.05) is 12.1 Å². The lowest BCUT2D eigenvalue weighted by Crippen LogP contribution is -2.40. The maximum atomic E-state index is 11.3. The number of methoxy groups -OCH3 is 1. The predicted octanol–water partition coefficient (Wildman–Crippen LogP) is 0.735. The second-order valence-electron chi connectivity index (χ2n) is 3.43. The van der Waals surface area contributed by atoms with Gasteiger partial charge in [-0.1, -0.05) is 0 Å². The zero-order valence-corrected chi connectivity index (χ0v) is 10.1. The molecule has 0 bridgehead atoms. The first-order valence-electron chi connectivity index (χ1n) is 5.21. The number of benzene rings is 1. The monoisotopic (exact) mass is 254 g/mol. The van der Waals surface area contributed by atoms with Crippen LogP contribution in [-0.4, -0.2) is 37.7 Å². The van der Waals surface area contributed by atoms with Crippen molar-refractivity contribution in [2.45, 2.75) is 6.04 Å². The van der Waals surface area contributed by atoms with Crippen LogP contribution in [-0.2, 0) is 9.53 Å². The Morgan fingerprint density at radius 3 is 2.50 bits per heavy atom. The Balaban J connectivity index is 2.57. The molecule has 7 nitrogen and oxygen atoms in total. The average Bonchev–Trinajstić information content (AvgIpc) is 2.39. The summed E-state index contributed by atoms with van der Waals surface area (Å²) in [5.74, 6) is 0.0177. The van der Waals surface area contributed by atoms with Crippen molar-refractivity contribution in [3.63, 3.8) is 0 Å². The Labute approximate surface area is 104 Å². The highest BCUT2D eigenvalue weighted by Gasteiger charge is 2.17. The van der Waals surface area contributed by atoms with Crippen molar-refractivity contribution in [3.8, 4) is 5.75 Å². The van der Waals surface area contributed by atoms with Crippen LogP contribution in [0.5, 0.6) is 5.75 Å². The second kappa shape index (κ2) is 6.55. The quantitative estimate of drug-likeness (QED) is 0.457. The van der Waals surface area contributed by atoms with Gasteiger partial charge >= 0.3 is 5.97 Å². The highest BCUT2D eigenvalue weighted by Crippen LogP contribution is 2.17. The summed E-state index contributed by atoms with van der Waals surface area (Å²) in [5.41, 5.74) is -0.0134. The van der Waals surface area contributed by atoms with Gasteiger partial charge in [0.1, 0.15) is 18.4 Å². The summed E-state index contributed by atoms with van der Waals surface area (Å²) in [4.78, 5) is 21.2. The Morgan fingerprint density at radius 2 is 2.06 bits per heavy atom. The van der Waals surface area contributed by atoms with Crippen molar-refractivity contribution in [2.24, 2.45) is 0 Å². The highest BCUT2D eigenvalue weighted by molar-refractivity contribution is 5.75. The third kappa shape index (κ3) is 3.70. The van der Waals surface area contributed by atoms with Gasteiger partial charge in [0.25, 0.3) is 5.69 Å². The maximum absolute atomic E-state index is 11.3. The summed E-state index contributed by atoms with van der Waals surface area (Å²) in [6.45, 7) is 0.0843. The van der Waals surface area contributed by atoms with E-state index in [-0.39, 0.29) is 12.3 Å². The van der Waals surface area contributed by atoms with Gasteiger partial charge in [-0.2, -0.15) is 0 Å². The van der Waals surface area contributed by atoms with Gasteiger partial charge in [-0.15, -0.1) is 0 Å². The van der Waals surface area contributed by atoms with E-state index in [0.29, 0.717) is 5.75 Å². The molecule has 0 aliphatic heterocycles. The molecule has 18 heavy (non-hydrogen) atoms. The van der Waals surface area contributed by atoms with Gasteiger partial charge in [0.05, 0.1) is 12.0 Å². The SMILES string of the molecule is CNC(COc1ccc([N+](=O)[O-])cc1)C(=O)OC. The lowest BCUT2D eigenvalue weighted by atomic mass is 10.3. The summed E-state index contributed by atoms with van der Waals surface area (Å²) >= 11 is 0. The van der Waals surface area contributed by atoms with Crippen molar-refractivity contribution in [2.75, 3.05) is 20.8 Å². The van der Waals surface area contributed by atoms with Crippen LogP contribution in [0.4, 0.5) is 5.69 Å². The summed E-state index contributed by atoms with van der Waals surface area (Å²) in [6, 6.07) is 5.04. The third-order valence-corrected chi connectivity index (χ3v) is 2.30. The molecule has 0 amide bonds. The number of nitrogens with zero attached hydrogens (tertiary/aromatic N) is 1. The third-order valence-electron chi connectivity index (χ3n) is 2.30. The maximum Gasteiger partial charge on any atom is 0.326 e. The molecule has 0 radical (unpaired) electrons. The minimum absolute atomic E-state index is 0.0134. The first-order chi connectivity index (χ1) is 8.58. The number of nitro benzene ring substituents is 1. The minimum Gasteiger partial charge on any atom is -0.491 e. The van der Waals surface area contributed by atoms with Crippen LogP contribution in [0.2, 0.25) is 0 Å². The molecule has 0 saturated carbocycles. The molecule has 0 aliphatic rings. The average molecular weight is 254 g/mol. The predicted molar refractivity (Wildman–Crippen MR) is 63.5 cm³/mol. The minimum atomic E-state index is -0.579. The van der Waals surface area contributed by atoms with Gasteiger partial charge in [-0.25, -0.2) is 0 Å². The van der Waals surface area contributed by atoms with Crippen molar-refractivity contribution < 1.29 is 19.2 Å². The van der Waals surface area contributed by atoms with E-state index in [1.165, 1.54) is 31.4 Å². The Hall–Kier alpha value is -2.15. The van der Waals surface area contributed by atoms with Crippen molar-refractivity contribution >= 4 is 11.7 Å². The molecule has 1 N–H and O–H groups in total. The number of hydrogen-bond acceptors (Lipinski definition) is 6. The molecule has 0 heterocycles. The van der Waals surface area contributed by atoms with Crippen LogP contribution >= 0.6 is 0 Å². The van der Waals surface area contributed by atoms with Crippen molar-refractivity contribution in [3.05, 3.63) is 34.4 Å². The molecule has 0 spiro atoms. The van der Waals surface area contributed by atoms with Crippen LogP contribution in [0.25, 0.3) is 0 Å². The highest BCUT2D eigenvalue weighted by atomic mass is 16.6. The molecular formula is C11H14N2O5. The van der Waals surface area contributed by atoms with Crippen molar-refractivity contribution in [1.82, 2.24) is 5.32 Å². The standard InChI is InChI=1S/C11H14N2O5/c1-12-10(11(14)17-2)7-18-9-5-3-8(4-6-9)13(15)16/h3-6,10,12H,7H2,1-2H3. The van der Waals surface area contributed by atoms with Crippen LogP contribution < -0.4 is 10.1 Å². The zero-order chi connectivity index (χ0) is 13.5. The fourth-order valence-corrected chi connectivity index (χ4v) is 1.26. The van der Waals surface area contributed by atoms with E-state index in [0.717, 1.165) is 0 Å². The Kier molecular flexibility index (Phi) is 5.06. The number of rotatable bonds is 6. The zero-order valence-electron chi connectivity index (χ0n) is 10.1. The number of carbonyl (C=O) groups excluding carboxylic acids is 1. The number of likely N-dealkylation sites (N-methyl/N-ethyl adjacent to an activating group) is 1. The number of carbonyl (C=O) groups is 1. The largest absolute Gasteiger partial charge is 0.491 e. The number of nitro groups is 1. The van der Waals surface area contributed by atoms with Crippen LogP contribution in [0.15, 0.2) is 24.3 Å². The van der Waals surface area contributed by atoms with E-state index in [4.69, 9.17) is 4.74 Å². The fourth-order valence-electron chi connectivity index (χ4n) is 1.26. The summed E-state index contributed by atoms with van der Waals surface area (Å²) in [6.07, 6.45) is 0. The fraction of sp³-hybridized carbons (Fsp3) is 0.364. The molecule has 1 unspecified atom stereocenters. The molecule has 0 aromatic heterocycles. The van der Waals surface area contributed by atoms with Gasteiger partial charge < -0.3 is 14.8 Å². The molecule has 0 aliphatic carbocycles.